The first-order valence-corrected chi connectivity index (χ1v) is 6.15. The van der Waals surface area contributed by atoms with E-state index in [-0.39, 0.29) is 6.23 Å². The van der Waals surface area contributed by atoms with Gasteiger partial charge < -0.3 is 4.74 Å². The molecule has 3 heteroatoms. The molecule has 1 unspecified atom stereocenters. The van der Waals surface area contributed by atoms with Gasteiger partial charge in [0.05, 0.1) is 6.20 Å². The van der Waals surface area contributed by atoms with Gasteiger partial charge in [-0.2, -0.15) is 5.10 Å². The number of rotatable bonds is 2. The highest BCUT2D eigenvalue weighted by atomic mass is 16.5. The van der Waals surface area contributed by atoms with Gasteiger partial charge in [-0.15, -0.1) is 0 Å². The van der Waals surface area contributed by atoms with Crippen LogP contribution in [0.5, 0.6) is 0 Å². The van der Waals surface area contributed by atoms with E-state index in [1.165, 1.54) is 18.4 Å². The molecule has 3 rings (SSSR count). The molecule has 0 bridgehead atoms. The van der Waals surface area contributed by atoms with E-state index in [2.05, 4.69) is 23.4 Å². The molecule has 0 amide bonds. The lowest BCUT2D eigenvalue weighted by Gasteiger charge is -2.22. The zero-order chi connectivity index (χ0) is 11.5. The van der Waals surface area contributed by atoms with Gasteiger partial charge in [-0.05, 0) is 24.8 Å². The van der Waals surface area contributed by atoms with Crippen molar-refractivity contribution in [3.63, 3.8) is 0 Å². The summed E-state index contributed by atoms with van der Waals surface area (Å²) in [4.78, 5) is 0. The predicted molar refractivity (Wildman–Crippen MR) is 66.5 cm³/mol. The molecule has 17 heavy (non-hydrogen) atoms. The number of aromatic nitrogens is 2. The second-order valence-corrected chi connectivity index (χ2v) is 4.40. The van der Waals surface area contributed by atoms with Gasteiger partial charge in [0.2, 0.25) is 0 Å². The molecule has 88 valence electrons. The highest BCUT2D eigenvalue weighted by Gasteiger charge is 2.16. The maximum atomic E-state index is 5.71. The van der Waals surface area contributed by atoms with Crippen LogP contribution in [-0.4, -0.2) is 16.4 Å². The van der Waals surface area contributed by atoms with Crippen molar-refractivity contribution in [1.82, 2.24) is 9.78 Å². The molecule has 2 heterocycles. The zero-order valence-electron chi connectivity index (χ0n) is 9.75. The molecule has 1 aromatic carbocycles. The van der Waals surface area contributed by atoms with Crippen LogP contribution in [0.3, 0.4) is 0 Å². The predicted octanol–water partition coefficient (Wildman–Crippen LogP) is 3.25. The van der Waals surface area contributed by atoms with E-state index in [0.29, 0.717) is 0 Å². The van der Waals surface area contributed by atoms with Gasteiger partial charge in [0.15, 0.2) is 0 Å². The summed E-state index contributed by atoms with van der Waals surface area (Å²) in [5.74, 6) is 0. The highest BCUT2D eigenvalue weighted by Crippen LogP contribution is 2.24. The Balaban J connectivity index is 1.83. The Morgan fingerprint density at radius 3 is 2.76 bits per heavy atom. The molecule has 1 fully saturated rings. The van der Waals surface area contributed by atoms with Crippen LogP contribution in [0, 0.1) is 0 Å². The van der Waals surface area contributed by atoms with Crippen LogP contribution in [0.25, 0.3) is 11.1 Å². The van der Waals surface area contributed by atoms with Crippen LogP contribution < -0.4 is 0 Å². The van der Waals surface area contributed by atoms with E-state index in [9.17, 15) is 0 Å². The van der Waals surface area contributed by atoms with E-state index < -0.39 is 0 Å². The summed E-state index contributed by atoms with van der Waals surface area (Å²) in [6.07, 6.45) is 7.57. The minimum atomic E-state index is 0.126. The van der Waals surface area contributed by atoms with E-state index in [1.54, 1.807) is 0 Å². The van der Waals surface area contributed by atoms with Crippen molar-refractivity contribution in [2.45, 2.75) is 25.5 Å². The molecule has 0 N–H and O–H groups in total. The van der Waals surface area contributed by atoms with Crippen LogP contribution >= 0.6 is 0 Å². The van der Waals surface area contributed by atoms with Crippen molar-refractivity contribution in [2.75, 3.05) is 6.61 Å². The van der Waals surface area contributed by atoms with Crippen LogP contribution in [-0.2, 0) is 4.74 Å². The van der Waals surface area contributed by atoms with Crippen molar-refractivity contribution in [3.8, 4) is 11.1 Å². The third kappa shape index (κ3) is 2.24. The van der Waals surface area contributed by atoms with Crippen molar-refractivity contribution >= 4 is 0 Å². The molecule has 3 nitrogen and oxygen atoms in total. The van der Waals surface area contributed by atoms with Crippen molar-refractivity contribution < 1.29 is 4.74 Å². The smallest absolute Gasteiger partial charge is 0.150 e. The minimum Gasteiger partial charge on any atom is -0.357 e. The fourth-order valence-electron chi connectivity index (χ4n) is 2.21. The highest BCUT2D eigenvalue weighted by molar-refractivity contribution is 5.61. The summed E-state index contributed by atoms with van der Waals surface area (Å²) in [5, 5.41) is 4.41. The van der Waals surface area contributed by atoms with Crippen molar-refractivity contribution in [3.05, 3.63) is 42.7 Å². The molecule has 1 aliphatic heterocycles. The quantitative estimate of drug-likeness (QED) is 0.789. The Morgan fingerprint density at radius 2 is 2.00 bits per heavy atom. The summed E-state index contributed by atoms with van der Waals surface area (Å²) < 4.78 is 7.66. The number of hydrogen-bond donors (Lipinski definition) is 0. The molecule has 1 atom stereocenters. The summed E-state index contributed by atoms with van der Waals surface area (Å²) in [6.45, 7) is 0.852. The van der Waals surface area contributed by atoms with Gasteiger partial charge >= 0.3 is 0 Å². The number of hydrogen-bond acceptors (Lipinski definition) is 2. The van der Waals surface area contributed by atoms with Crippen LogP contribution in [0.4, 0.5) is 0 Å². The minimum absolute atomic E-state index is 0.126. The lowest BCUT2D eigenvalue weighted by atomic mass is 10.1. The fraction of sp³-hybridized carbons (Fsp3) is 0.357. The van der Waals surface area contributed by atoms with Crippen molar-refractivity contribution in [1.29, 1.82) is 0 Å². The van der Waals surface area contributed by atoms with Gasteiger partial charge in [-0.3, -0.25) is 0 Å². The zero-order valence-corrected chi connectivity index (χ0v) is 9.75. The Kier molecular flexibility index (Phi) is 2.92. The lowest BCUT2D eigenvalue weighted by molar-refractivity contribution is -0.0394. The standard InChI is InChI=1S/C14H16N2O/c1-2-6-12(7-3-1)13-10-15-16(11-13)14-8-4-5-9-17-14/h1-3,6-7,10-11,14H,4-5,8-9H2. The maximum absolute atomic E-state index is 5.71. The van der Waals surface area contributed by atoms with E-state index in [1.807, 2.05) is 29.1 Å². The van der Waals surface area contributed by atoms with Crippen LogP contribution in [0.1, 0.15) is 25.5 Å². The Morgan fingerprint density at radius 1 is 1.12 bits per heavy atom. The molecular weight excluding hydrogens is 212 g/mol. The first-order chi connectivity index (χ1) is 8.43. The molecule has 1 aromatic heterocycles. The number of ether oxygens (including phenoxy) is 1. The van der Waals surface area contributed by atoms with Gasteiger partial charge in [0.1, 0.15) is 6.23 Å². The van der Waals surface area contributed by atoms with E-state index >= 15 is 0 Å². The average Bonchev–Trinajstić information content (AvgIpc) is 2.90. The monoisotopic (exact) mass is 228 g/mol. The summed E-state index contributed by atoms with van der Waals surface area (Å²) in [5.41, 5.74) is 2.36. The summed E-state index contributed by atoms with van der Waals surface area (Å²) in [6, 6.07) is 10.3. The first kappa shape index (κ1) is 10.5. The summed E-state index contributed by atoms with van der Waals surface area (Å²) >= 11 is 0. The molecule has 0 saturated carbocycles. The van der Waals surface area contributed by atoms with Crippen LogP contribution in [0.2, 0.25) is 0 Å². The van der Waals surface area contributed by atoms with Gasteiger partial charge in [0, 0.05) is 18.4 Å². The normalized spacial score (nSPS) is 20.4. The second-order valence-electron chi connectivity index (χ2n) is 4.40. The largest absolute Gasteiger partial charge is 0.357 e. The van der Waals surface area contributed by atoms with Gasteiger partial charge in [0.25, 0.3) is 0 Å². The Bertz CT molecular complexity index is 472. The third-order valence-corrected chi connectivity index (χ3v) is 3.16. The lowest BCUT2D eigenvalue weighted by Crippen LogP contribution is -2.18. The summed E-state index contributed by atoms with van der Waals surface area (Å²) in [7, 11) is 0. The SMILES string of the molecule is c1ccc(-c2cnn(C3CCCCO3)c2)cc1. The molecule has 1 aliphatic rings. The molecular formula is C14H16N2O. The van der Waals surface area contributed by atoms with E-state index in [4.69, 9.17) is 4.74 Å². The second kappa shape index (κ2) is 4.72. The van der Waals surface area contributed by atoms with Gasteiger partial charge in [-0.25, -0.2) is 4.68 Å². The fourth-order valence-corrected chi connectivity index (χ4v) is 2.21. The maximum Gasteiger partial charge on any atom is 0.150 e. The molecule has 0 spiro atoms. The van der Waals surface area contributed by atoms with E-state index in [0.717, 1.165) is 18.6 Å². The average molecular weight is 228 g/mol. The van der Waals surface area contributed by atoms with Crippen LogP contribution in [0.15, 0.2) is 42.7 Å². The molecule has 0 radical (unpaired) electrons. The van der Waals surface area contributed by atoms with Gasteiger partial charge in [-0.1, -0.05) is 30.3 Å². The number of benzene rings is 1. The molecule has 0 aliphatic carbocycles. The Labute approximate surface area is 101 Å². The first-order valence-electron chi connectivity index (χ1n) is 6.15. The number of nitrogens with zero attached hydrogens (tertiary/aromatic N) is 2. The molecule has 1 saturated heterocycles. The topological polar surface area (TPSA) is 27.1 Å². The molecule has 2 aromatic rings. The third-order valence-electron chi connectivity index (χ3n) is 3.16. The Hall–Kier alpha value is -1.61. The van der Waals surface area contributed by atoms with Crippen molar-refractivity contribution in [2.24, 2.45) is 0 Å².